The van der Waals surface area contributed by atoms with Crippen LogP contribution in [0.2, 0.25) is 0 Å². The van der Waals surface area contributed by atoms with E-state index in [-0.39, 0.29) is 11.7 Å². The second kappa shape index (κ2) is 4.57. The van der Waals surface area contributed by atoms with Gasteiger partial charge in [0.05, 0.1) is 0 Å². The van der Waals surface area contributed by atoms with Crippen molar-refractivity contribution < 1.29 is 13.9 Å². The van der Waals surface area contributed by atoms with E-state index in [9.17, 15) is 9.18 Å². The third kappa shape index (κ3) is 1.76. The van der Waals surface area contributed by atoms with Crippen molar-refractivity contribution in [2.24, 2.45) is 11.7 Å². The fourth-order valence-corrected chi connectivity index (χ4v) is 3.65. The van der Waals surface area contributed by atoms with E-state index in [0.29, 0.717) is 5.75 Å². The van der Waals surface area contributed by atoms with E-state index >= 15 is 0 Å². The Hall–Kier alpha value is -2.36. The average molecular weight is 297 g/mol. The molecule has 2 unspecified atom stereocenters. The number of primary amides is 1. The molecule has 112 valence electrons. The third-order valence-electron chi connectivity index (χ3n) is 4.70. The number of nitrogens with two attached hydrogens (primary N) is 1. The predicted octanol–water partition coefficient (Wildman–Crippen LogP) is 3.09. The molecule has 22 heavy (non-hydrogen) atoms. The molecule has 2 aromatic rings. The Kier molecular flexibility index (Phi) is 2.76. The van der Waals surface area contributed by atoms with Crippen molar-refractivity contribution in [3.05, 3.63) is 65.5 Å². The Balaban J connectivity index is 1.92. The minimum absolute atomic E-state index is 0.225. The van der Waals surface area contributed by atoms with Gasteiger partial charge in [-0.15, -0.1) is 0 Å². The van der Waals surface area contributed by atoms with Gasteiger partial charge in [0.2, 0.25) is 5.91 Å². The first-order chi connectivity index (χ1) is 10.6. The molecular formula is C18H16FNO2. The summed E-state index contributed by atoms with van der Waals surface area (Å²) in [6.07, 6.45) is 1.96. The average Bonchev–Trinajstić information content (AvgIpc) is 3.29. The number of carbonyl (C=O) groups excluding carboxylic acids is 1. The summed E-state index contributed by atoms with van der Waals surface area (Å²) in [5.41, 5.74) is 6.57. The zero-order valence-corrected chi connectivity index (χ0v) is 12.0. The number of rotatable bonds is 3. The lowest BCUT2D eigenvalue weighted by Crippen LogP contribution is -2.43. The van der Waals surface area contributed by atoms with Gasteiger partial charge in [-0.05, 0) is 36.6 Å². The molecular weight excluding hydrogens is 281 g/mol. The normalized spacial score (nSPS) is 26.3. The van der Waals surface area contributed by atoms with Crippen LogP contribution in [0, 0.1) is 11.7 Å². The third-order valence-corrected chi connectivity index (χ3v) is 4.70. The summed E-state index contributed by atoms with van der Waals surface area (Å²) in [4.78, 5) is 12.2. The van der Waals surface area contributed by atoms with E-state index in [1.165, 1.54) is 12.1 Å². The summed E-state index contributed by atoms with van der Waals surface area (Å²) in [6, 6.07) is 13.7. The summed E-state index contributed by atoms with van der Waals surface area (Å²) in [5.74, 6) is -0.325. The van der Waals surface area contributed by atoms with Crippen molar-refractivity contribution in [1.29, 1.82) is 0 Å². The molecule has 1 fully saturated rings. The van der Waals surface area contributed by atoms with Crippen molar-refractivity contribution in [3.8, 4) is 5.75 Å². The highest BCUT2D eigenvalue weighted by atomic mass is 19.1. The highest BCUT2D eigenvalue weighted by Gasteiger charge is 2.60. The minimum Gasteiger partial charge on any atom is -0.481 e. The van der Waals surface area contributed by atoms with Crippen molar-refractivity contribution in [2.45, 2.75) is 24.4 Å². The molecule has 1 heterocycles. The minimum atomic E-state index is -0.802. The van der Waals surface area contributed by atoms with Crippen LogP contribution in [0.15, 0.2) is 48.5 Å². The van der Waals surface area contributed by atoms with Crippen LogP contribution >= 0.6 is 0 Å². The van der Waals surface area contributed by atoms with Gasteiger partial charge in [-0.1, -0.05) is 30.3 Å². The molecule has 2 N–H and O–H groups in total. The summed E-state index contributed by atoms with van der Waals surface area (Å²) >= 11 is 0. The number of benzene rings is 2. The second-order valence-corrected chi connectivity index (χ2v) is 6.05. The lowest BCUT2D eigenvalue weighted by Gasteiger charge is -2.34. The highest BCUT2D eigenvalue weighted by molar-refractivity contribution is 5.86. The zero-order valence-electron chi connectivity index (χ0n) is 12.0. The molecule has 1 aliphatic carbocycles. The van der Waals surface area contributed by atoms with Crippen LogP contribution in [0.25, 0.3) is 0 Å². The Morgan fingerprint density at radius 1 is 1.14 bits per heavy atom. The number of fused-ring (bicyclic) bond motifs is 1. The first-order valence-electron chi connectivity index (χ1n) is 7.46. The molecule has 2 aromatic carbocycles. The van der Waals surface area contributed by atoms with Gasteiger partial charge < -0.3 is 10.5 Å². The molecule has 0 radical (unpaired) electrons. The maximum absolute atomic E-state index is 13.3. The quantitative estimate of drug-likeness (QED) is 0.946. The summed E-state index contributed by atoms with van der Waals surface area (Å²) in [6.45, 7) is 0. The standard InChI is InChI=1S/C18H16FNO2/c19-13-9-7-12(8-10-13)18(11-5-6-11)16(17(20)21)14-3-1-2-4-15(14)22-18/h1-4,7-11,16H,5-6H2,(H2,20,21). The smallest absolute Gasteiger partial charge is 0.229 e. The van der Waals surface area contributed by atoms with Gasteiger partial charge in [-0.3, -0.25) is 4.79 Å². The molecule has 2 atom stereocenters. The van der Waals surface area contributed by atoms with E-state index in [1.807, 2.05) is 24.3 Å². The van der Waals surface area contributed by atoms with Crippen molar-refractivity contribution in [2.75, 3.05) is 0 Å². The van der Waals surface area contributed by atoms with Crippen molar-refractivity contribution in [3.63, 3.8) is 0 Å². The van der Waals surface area contributed by atoms with E-state index in [4.69, 9.17) is 10.5 Å². The lowest BCUT2D eigenvalue weighted by atomic mass is 9.75. The maximum Gasteiger partial charge on any atom is 0.229 e. The summed E-state index contributed by atoms with van der Waals surface area (Å²) in [5, 5.41) is 0. The Bertz CT molecular complexity index is 739. The van der Waals surface area contributed by atoms with Crippen LogP contribution in [0.5, 0.6) is 5.75 Å². The number of amides is 1. The van der Waals surface area contributed by atoms with E-state index in [1.54, 1.807) is 12.1 Å². The predicted molar refractivity (Wildman–Crippen MR) is 79.8 cm³/mol. The lowest BCUT2D eigenvalue weighted by molar-refractivity contribution is -0.124. The van der Waals surface area contributed by atoms with Crippen LogP contribution in [0.1, 0.15) is 29.9 Å². The Morgan fingerprint density at radius 2 is 1.82 bits per heavy atom. The Labute approximate surface area is 127 Å². The number of ether oxygens (including phenoxy) is 1. The monoisotopic (exact) mass is 297 g/mol. The number of para-hydroxylation sites is 1. The number of hydrogen-bond acceptors (Lipinski definition) is 2. The Morgan fingerprint density at radius 3 is 2.45 bits per heavy atom. The molecule has 1 saturated carbocycles. The molecule has 0 saturated heterocycles. The maximum atomic E-state index is 13.3. The number of halogens is 1. The fourth-order valence-electron chi connectivity index (χ4n) is 3.65. The van der Waals surface area contributed by atoms with Gasteiger partial charge in [0.1, 0.15) is 17.5 Å². The second-order valence-electron chi connectivity index (χ2n) is 6.05. The van der Waals surface area contributed by atoms with E-state index in [0.717, 1.165) is 24.0 Å². The van der Waals surface area contributed by atoms with Crippen LogP contribution in [-0.2, 0) is 10.4 Å². The summed E-state index contributed by atoms with van der Waals surface area (Å²) < 4.78 is 19.6. The van der Waals surface area contributed by atoms with Gasteiger partial charge >= 0.3 is 0 Å². The van der Waals surface area contributed by atoms with E-state index < -0.39 is 17.4 Å². The molecule has 4 heteroatoms. The molecule has 1 aliphatic heterocycles. The SMILES string of the molecule is NC(=O)C1c2ccccc2OC1(c1ccc(F)cc1)C1CC1. The van der Waals surface area contributed by atoms with Crippen LogP contribution in [0.4, 0.5) is 4.39 Å². The zero-order chi connectivity index (χ0) is 15.3. The van der Waals surface area contributed by atoms with Gasteiger partial charge in [-0.25, -0.2) is 4.39 Å². The summed E-state index contributed by atoms with van der Waals surface area (Å²) in [7, 11) is 0. The first-order valence-corrected chi connectivity index (χ1v) is 7.46. The molecule has 4 rings (SSSR count). The van der Waals surface area contributed by atoms with Crippen LogP contribution in [-0.4, -0.2) is 5.91 Å². The van der Waals surface area contributed by atoms with Crippen LogP contribution in [0.3, 0.4) is 0 Å². The molecule has 0 bridgehead atoms. The van der Waals surface area contributed by atoms with Crippen molar-refractivity contribution in [1.82, 2.24) is 0 Å². The largest absolute Gasteiger partial charge is 0.481 e. The molecule has 0 aromatic heterocycles. The molecule has 2 aliphatic rings. The highest BCUT2D eigenvalue weighted by Crippen LogP contribution is 2.60. The first kappa shape index (κ1) is 13.3. The topological polar surface area (TPSA) is 52.3 Å². The fraction of sp³-hybridized carbons (Fsp3) is 0.278. The van der Waals surface area contributed by atoms with Gasteiger partial charge in [0.25, 0.3) is 0 Å². The van der Waals surface area contributed by atoms with Gasteiger partial charge in [0, 0.05) is 11.5 Å². The number of hydrogen-bond donors (Lipinski definition) is 1. The van der Waals surface area contributed by atoms with Crippen LogP contribution < -0.4 is 10.5 Å². The van der Waals surface area contributed by atoms with Gasteiger partial charge in [0.15, 0.2) is 5.60 Å². The number of carbonyl (C=O) groups is 1. The molecule has 0 spiro atoms. The van der Waals surface area contributed by atoms with E-state index in [2.05, 4.69) is 0 Å². The molecule has 1 amide bonds. The van der Waals surface area contributed by atoms with Crippen molar-refractivity contribution >= 4 is 5.91 Å². The molecule has 3 nitrogen and oxygen atoms in total. The van der Waals surface area contributed by atoms with Gasteiger partial charge in [-0.2, -0.15) is 0 Å².